The minimum atomic E-state index is -0.852. The van der Waals surface area contributed by atoms with Gasteiger partial charge in [-0.3, -0.25) is 4.79 Å². The Morgan fingerprint density at radius 3 is 2.32 bits per heavy atom. The van der Waals surface area contributed by atoms with Crippen LogP contribution >= 0.6 is 23.2 Å². The summed E-state index contributed by atoms with van der Waals surface area (Å²) < 4.78 is 23.5. The van der Waals surface area contributed by atoms with Crippen molar-refractivity contribution in [2.24, 2.45) is 5.92 Å². The number of anilines is 1. The molecular formula is C42H35Cl2N3O6. The first-order valence-electron chi connectivity index (χ1n) is 17.1. The second kappa shape index (κ2) is 15.9. The molecule has 5 aromatic rings. The van der Waals surface area contributed by atoms with Gasteiger partial charge in [0.2, 0.25) is 5.91 Å². The molecule has 0 spiro atoms. The summed E-state index contributed by atoms with van der Waals surface area (Å²) in [5, 5.41) is 16.4. The van der Waals surface area contributed by atoms with Crippen LogP contribution in [0.2, 0.25) is 10.0 Å². The lowest BCUT2D eigenvalue weighted by molar-refractivity contribution is -0.145. The van der Waals surface area contributed by atoms with Crippen molar-refractivity contribution >= 4 is 40.8 Å². The highest BCUT2D eigenvalue weighted by Gasteiger charge is 2.31. The van der Waals surface area contributed by atoms with Crippen LogP contribution in [0, 0.1) is 17.2 Å². The van der Waals surface area contributed by atoms with Gasteiger partial charge >= 0.3 is 5.97 Å². The summed E-state index contributed by atoms with van der Waals surface area (Å²) in [6.45, 7) is 1.07. The first kappa shape index (κ1) is 35.7. The fourth-order valence-corrected chi connectivity index (χ4v) is 6.74. The number of nitrogens with one attached hydrogen (secondary N) is 2. The predicted molar refractivity (Wildman–Crippen MR) is 202 cm³/mol. The van der Waals surface area contributed by atoms with Crippen LogP contribution < -0.4 is 24.8 Å². The van der Waals surface area contributed by atoms with Crippen molar-refractivity contribution in [1.82, 2.24) is 5.32 Å². The summed E-state index contributed by atoms with van der Waals surface area (Å²) >= 11 is 12.1. The monoisotopic (exact) mass is 747 g/mol. The maximum Gasteiger partial charge on any atom is 0.328 e. The minimum Gasteiger partial charge on any atom is -0.489 e. The van der Waals surface area contributed by atoms with Crippen molar-refractivity contribution in [2.75, 3.05) is 25.6 Å². The average Bonchev–Trinajstić information content (AvgIpc) is 3.20. The molecule has 0 aromatic heterocycles. The Labute approximate surface area is 317 Å². The molecule has 7 rings (SSSR count). The van der Waals surface area contributed by atoms with Gasteiger partial charge in [-0.15, -0.1) is 0 Å². The SMILES string of the molecule is COC(=O)[C@H](Cc1ccc(-c2ccc(C#N)cc2)cc1)NC(=O)[C@H]1CNc2cc3c(cc2C1)OCC(c1ccc(OCc2ccc(Cl)c(Cl)c2)cc1)O3. The molecule has 0 aliphatic carbocycles. The number of amides is 1. The van der Waals surface area contributed by atoms with E-state index >= 15 is 0 Å². The number of carbonyl (C=O) groups is 2. The lowest BCUT2D eigenvalue weighted by Crippen LogP contribution is -2.47. The van der Waals surface area contributed by atoms with Gasteiger partial charge in [-0.1, -0.05) is 77.8 Å². The summed E-state index contributed by atoms with van der Waals surface area (Å²) in [6, 6.07) is 33.3. The van der Waals surface area contributed by atoms with Crippen molar-refractivity contribution in [1.29, 1.82) is 5.26 Å². The van der Waals surface area contributed by atoms with Crippen LogP contribution in [0.5, 0.6) is 17.2 Å². The van der Waals surface area contributed by atoms with Gasteiger partial charge in [-0.25, -0.2) is 4.79 Å². The largest absolute Gasteiger partial charge is 0.489 e. The molecule has 2 aliphatic heterocycles. The second-order valence-corrected chi connectivity index (χ2v) is 13.8. The third-order valence-corrected chi connectivity index (χ3v) is 10.1. The maximum absolute atomic E-state index is 13.5. The standard InChI is InChI=1S/C42H35Cl2N3O6/c1-50-42(49)37(17-25-2-7-28(8-3-25)29-9-4-26(21-45)5-10-29)47-41(48)32-18-31-19-38-39(20-36(31)46-22-32)53-40(24-52-38)30-11-13-33(14-12-30)51-23-27-6-15-34(43)35(44)16-27/h2-16,19-20,32,37,40,46H,17-18,22-24H2,1H3,(H,47,48)/t32-,37+,40?/m1/s1. The van der Waals surface area contributed by atoms with Crippen LogP contribution in [0.25, 0.3) is 11.1 Å². The Bertz CT molecular complexity index is 2170. The summed E-state index contributed by atoms with van der Waals surface area (Å²) in [5.41, 5.74) is 7.08. The Kier molecular flexibility index (Phi) is 10.7. The molecule has 2 N–H and O–H groups in total. The molecule has 0 bridgehead atoms. The molecular weight excluding hydrogens is 713 g/mol. The number of nitriles is 1. The van der Waals surface area contributed by atoms with Crippen molar-refractivity contribution in [3.05, 3.63) is 141 Å². The number of benzene rings is 5. The van der Waals surface area contributed by atoms with Gasteiger partial charge < -0.3 is 29.6 Å². The number of methoxy groups -OCH3 is 1. The van der Waals surface area contributed by atoms with E-state index in [2.05, 4.69) is 16.7 Å². The van der Waals surface area contributed by atoms with E-state index in [1.165, 1.54) is 7.11 Å². The topological polar surface area (TPSA) is 119 Å². The molecule has 0 radical (unpaired) electrons. The van der Waals surface area contributed by atoms with Gasteiger partial charge in [0.1, 0.15) is 25.0 Å². The molecule has 1 amide bonds. The molecule has 9 nitrogen and oxygen atoms in total. The lowest BCUT2D eigenvalue weighted by atomic mass is 9.92. The first-order chi connectivity index (χ1) is 25.8. The van der Waals surface area contributed by atoms with E-state index in [4.69, 9.17) is 47.4 Å². The molecule has 268 valence electrons. The second-order valence-electron chi connectivity index (χ2n) is 12.9. The van der Waals surface area contributed by atoms with Gasteiger partial charge in [0.25, 0.3) is 0 Å². The summed E-state index contributed by atoms with van der Waals surface area (Å²) in [4.78, 5) is 26.3. The lowest BCUT2D eigenvalue weighted by Gasteiger charge is -2.31. The highest BCUT2D eigenvalue weighted by molar-refractivity contribution is 6.42. The van der Waals surface area contributed by atoms with E-state index in [9.17, 15) is 9.59 Å². The number of ether oxygens (including phenoxy) is 4. The molecule has 0 fully saturated rings. The Balaban J connectivity index is 0.949. The van der Waals surface area contributed by atoms with Crippen molar-refractivity contribution < 1.29 is 28.5 Å². The number of hydrogen-bond donors (Lipinski definition) is 2. The number of fused-ring (bicyclic) bond motifs is 2. The van der Waals surface area contributed by atoms with E-state index in [1.807, 2.05) is 78.9 Å². The zero-order valence-corrected chi connectivity index (χ0v) is 30.2. The van der Waals surface area contributed by atoms with E-state index in [-0.39, 0.29) is 18.4 Å². The van der Waals surface area contributed by atoms with Gasteiger partial charge in [-0.05, 0) is 82.3 Å². The molecule has 53 heavy (non-hydrogen) atoms. The summed E-state index contributed by atoms with van der Waals surface area (Å²) in [7, 11) is 1.31. The Morgan fingerprint density at radius 2 is 1.62 bits per heavy atom. The molecule has 2 aliphatic rings. The van der Waals surface area contributed by atoms with Crippen molar-refractivity contribution in [3.8, 4) is 34.4 Å². The van der Waals surface area contributed by atoms with Crippen molar-refractivity contribution in [2.45, 2.75) is 31.6 Å². The van der Waals surface area contributed by atoms with Gasteiger partial charge in [0.05, 0.1) is 34.7 Å². The molecule has 1 unspecified atom stereocenters. The number of hydrogen-bond acceptors (Lipinski definition) is 8. The van der Waals surface area contributed by atoms with Gasteiger partial charge in [0.15, 0.2) is 17.6 Å². The molecule has 11 heteroatoms. The molecule has 5 aromatic carbocycles. The van der Waals surface area contributed by atoms with Gasteiger partial charge in [-0.2, -0.15) is 5.26 Å². The molecule has 2 heterocycles. The average molecular weight is 749 g/mol. The van der Waals surface area contributed by atoms with Crippen molar-refractivity contribution in [3.63, 3.8) is 0 Å². The Morgan fingerprint density at radius 1 is 0.906 bits per heavy atom. The third-order valence-electron chi connectivity index (χ3n) is 9.39. The number of rotatable bonds is 10. The predicted octanol–water partition coefficient (Wildman–Crippen LogP) is 8.11. The quantitative estimate of drug-likeness (QED) is 0.138. The van der Waals surface area contributed by atoms with Crippen LogP contribution in [-0.2, 0) is 33.8 Å². The summed E-state index contributed by atoms with van der Waals surface area (Å²) in [5.74, 6) is 0.764. The minimum absolute atomic E-state index is 0.243. The van der Waals surface area contributed by atoms with Crippen LogP contribution in [0.1, 0.15) is 33.9 Å². The Hall–Kier alpha value is -5.69. The molecule has 3 atom stereocenters. The number of esters is 1. The smallest absolute Gasteiger partial charge is 0.328 e. The normalized spacial score (nSPS) is 16.3. The maximum atomic E-state index is 13.5. The number of halogens is 2. The highest BCUT2D eigenvalue weighted by atomic mass is 35.5. The molecule has 0 saturated carbocycles. The first-order valence-corrected chi connectivity index (χ1v) is 17.9. The zero-order valence-electron chi connectivity index (χ0n) is 28.7. The van der Waals surface area contributed by atoms with Gasteiger partial charge in [0, 0.05) is 24.7 Å². The van der Waals surface area contributed by atoms with E-state index in [0.717, 1.165) is 39.1 Å². The van der Waals surface area contributed by atoms with Crippen LogP contribution in [0.15, 0.2) is 103 Å². The number of nitrogens with zero attached hydrogens (tertiary/aromatic N) is 1. The van der Waals surface area contributed by atoms with Crippen LogP contribution in [0.4, 0.5) is 5.69 Å². The van der Waals surface area contributed by atoms with Crippen LogP contribution in [0.3, 0.4) is 0 Å². The summed E-state index contributed by atoms with van der Waals surface area (Å²) in [6.07, 6.45) is 0.427. The zero-order chi connectivity index (χ0) is 36.9. The van der Waals surface area contributed by atoms with E-state index in [0.29, 0.717) is 59.0 Å². The fraction of sp³-hybridized carbons (Fsp3) is 0.214. The molecule has 0 saturated heterocycles. The number of carbonyl (C=O) groups excluding carboxylic acids is 2. The highest BCUT2D eigenvalue weighted by Crippen LogP contribution is 2.42. The van der Waals surface area contributed by atoms with E-state index in [1.54, 1.807) is 24.3 Å². The van der Waals surface area contributed by atoms with Crippen LogP contribution in [-0.4, -0.2) is 38.2 Å². The van der Waals surface area contributed by atoms with E-state index < -0.39 is 17.9 Å². The third kappa shape index (κ3) is 8.36. The fourth-order valence-electron chi connectivity index (χ4n) is 6.42.